The molecule has 3 heteroatoms. The van der Waals surface area contributed by atoms with Gasteiger partial charge in [-0.15, -0.1) is 0 Å². The average Bonchev–Trinajstić information content (AvgIpc) is 3.30. The highest BCUT2D eigenvalue weighted by molar-refractivity contribution is 6.10. The molecule has 8 rings (SSSR count). The van der Waals surface area contributed by atoms with Gasteiger partial charge in [-0.1, -0.05) is 49.2 Å². The lowest BCUT2D eigenvalue weighted by Crippen LogP contribution is -2.32. The fraction of sp³-hybridized carbons (Fsp3) is 0.281. The highest BCUT2D eigenvalue weighted by Crippen LogP contribution is 2.46. The molecular weight excluding hydrogens is 433 g/mol. The Balaban J connectivity index is 1.29. The summed E-state index contributed by atoms with van der Waals surface area (Å²) in [6.07, 6.45) is 10.0. The molecule has 0 radical (unpaired) electrons. The average molecular weight is 462 g/mol. The van der Waals surface area contributed by atoms with E-state index in [1.165, 1.54) is 37.7 Å². The molecule has 3 aliphatic rings. The number of benzene rings is 3. The quantitative estimate of drug-likeness (QED) is 0.267. The smallest absolute Gasteiger partial charge is 0.147 e. The second kappa shape index (κ2) is 8.34. The van der Waals surface area contributed by atoms with Crippen molar-refractivity contribution in [2.75, 3.05) is 0 Å². The van der Waals surface area contributed by atoms with Gasteiger partial charge in [-0.05, 0) is 96.5 Å². The first-order chi connectivity index (χ1) is 17.2. The van der Waals surface area contributed by atoms with Crippen molar-refractivity contribution in [3.63, 3.8) is 0 Å². The molecule has 1 atom stereocenters. The fourth-order valence-corrected chi connectivity index (χ4v) is 6.67. The number of hydrogen-bond donors (Lipinski definition) is 0. The Hall–Kier alpha value is -3.46. The molecule has 0 saturated heterocycles. The first kappa shape index (κ1) is 20.9. The Kier molecular flexibility index (Phi) is 4.97. The molecule has 3 fully saturated rings. The Morgan fingerprint density at radius 3 is 2.51 bits per heavy atom. The van der Waals surface area contributed by atoms with Crippen LogP contribution < -0.4 is 0 Å². The minimum atomic E-state index is -0.260. The summed E-state index contributed by atoms with van der Waals surface area (Å²) in [6.45, 7) is 0. The molecule has 0 spiro atoms. The summed E-state index contributed by atoms with van der Waals surface area (Å²) in [6, 6.07) is 23.9. The number of pyridine rings is 1. The number of rotatable bonds is 4. The maximum absolute atomic E-state index is 15.1. The second-order valence-electron chi connectivity index (χ2n) is 10.5. The van der Waals surface area contributed by atoms with Gasteiger partial charge < -0.3 is 4.42 Å². The van der Waals surface area contributed by atoms with E-state index in [9.17, 15) is 0 Å². The van der Waals surface area contributed by atoms with E-state index in [4.69, 9.17) is 4.42 Å². The molecule has 0 amide bonds. The highest BCUT2D eigenvalue weighted by Gasteiger charge is 2.35. The van der Waals surface area contributed by atoms with E-state index in [2.05, 4.69) is 29.2 Å². The monoisotopic (exact) mass is 461 g/mol. The van der Waals surface area contributed by atoms with Crippen LogP contribution >= 0.6 is 0 Å². The lowest BCUT2D eigenvalue weighted by atomic mass is 9.63. The molecule has 2 bridgehead atoms. The molecule has 35 heavy (non-hydrogen) atoms. The lowest BCUT2D eigenvalue weighted by molar-refractivity contribution is 0.0991. The molecule has 3 saturated carbocycles. The van der Waals surface area contributed by atoms with Gasteiger partial charge in [-0.3, -0.25) is 4.98 Å². The van der Waals surface area contributed by atoms with Crippen LogP contribution in [0.25, 0.3) is 44.3 Å². The Morgan fingerprint density at radius 2 is 1.71 bits per heavy atom. The van der Waals surface area contributed by atoms with E-state index < -0.39 is 0 Å². The zero-order chi connectivity index (χ0) is 23.4. The van der Waals surface area contributed by atoms with Crippen LogP contribution in [0.3, 0.4) is 0 Å². The first-order valence-electron chi connectivity index (χ1n) is 12.9. The standard InChI is InChI=1S/C32H28FNO/c33-28-13-12-26(29-18-21(14-15-34-29)17-25-16-20-6-8-23(25)9-7-20)32-31(28)27-11-10-24(19-30(27)35-32)22-4-2-1-3-5-22/h1-5,10-15,18-20,23,25H,6-9,16-17H2. The van der Waals surface area contributed by atoms with Crippen LogP contribution in [-0.2, 0) is 6.42 Å². The second-order valence-corrected chi connectivity index (χ2v) is 10.5. The van der Waals surface area contributed by atoms with Crippen LogP contribution in [0, 0.1) is 23.6 Å². The van der Waals surface area contributed by atoms with Gasteiger partial charge in [-0.2, -0.15) is 0 Å². The molecule has 3 aromatic carbocycles. The van der Waals surface area contributed by atoms with Gasteiger partial charge in [0.15, 0.2) is 0 Å². The molecule has 5 aromatic rings. The highest BCUT2D eigenvalue weighted by atomic mass is 19.1. The van der Waals surface area contributed by atoms with Gasteiger partial charge in [0.2, 0.25) is 0 Å². The predicted molar refractivity (Wildman–Crippen MR) is 140 cm³/mol. The lowest BCUT2D eigenvalue weighted by Gasteiger charge is -2.42. The third kappa shape index (κ3) is 3.65. The van der Waals surface area contributed by atoms with Crippen molar-refractivity contribution < 1.29 is 8.81 Å². The van der Waals surface area contributed by atoms with Crippen LogP contribution in [-0.4, -0.2) is 4.98 Å². The van der Waals surface area contributed by atoms with E-state index in [1.54, 1.807) is 6.07 Å². The van der Waals surface area contributed by atoms with Gasteiger partial charge in [0.1, 0.15) is 17.0 Å². The number of halogens is 1. The van der Waals surface area contributed by atoms with Gasteiger partial charge >= 0.3 is 0 Å². The van der Waals surface area contributed by atoms with Crippen molar-refractivity contribution in [3.8, 4) is 22.4 Å². The molecule has 0 aliphatic heterocycles. The van der Waals surface area contributed by atoms with Crippen LogP contribution in [0.2, 0.25) is 0 Å². The third-order valence-electron chi connectivity index (χ3n) is 8.47. The van der Waals surface area contributed by atoms with Crippen LogP contribution in [0.4, 0.5) is 4.39 Å². The van der Waals surface area contributed by atoms with Crippen molar-refractivity contribution in [1.82, 2.24) is 4.98 Å². The zero-order valence-electron chi connectivity index (χ0n) is 19.7. The summed E-state index contributed by atoms with van der Waals surface area (Å²) in [5.41, 5.74) is 6.48. The van der Waals surface area contributed by atoms with E-state index in [0.717, 1.165) is 51.9 Å². The summed E-state index contributed by atoms with van der Waals surface area (Å²) in [7, 11) is 0. The van der Waals surface area contributed by atoms with Gasteiger partial charge in [0, 0.05) is 17.1 Å². The molecule has 0 N–H and O–H groups in total. The largest absolute Gasteiger partial charge is 0.455 e. The van der Waals surface area contributed by atoms with Crippen molar-refractivity contribution in [1.29, 1.82) is 0 Å². The molecule has 174 valence electrons. The maximum Gasteiger partial charge on any atom is 0.147 e. The molecule has 2 nitrogen and oxygen atoms in total. The number of nitrogens with zero attached hydrogens (tertiary/aromatic N) is 1. The first-order valence-corrected chi connectivity index (χ1v) is 12.9. The van der Waals surface area contributed by atoms with E-state index in [1.807, 2.05) is 48.7 Å². The number of fused-ring (bicyclic) bond motifs is 6. The van der Waals surface area contributed by atoms with Gasteiger partial charge in [0.25, 0.3) is 0 Å². The summed E-state index contributed by atoms with van der Waals surface area (Å²) >= 11 is 0. The zero-order valence-corrected chi connectivity index (χ0v) is 19.7. The molecule has 2 heterocycles. The normalized spacial score (nSPS) is 21.7. The summed E-state index contributed by atoms with van der Waals surface area (Å²) in [5.74, 6) is 2.33. The molecule has 3 aliphatic carbocycles. The molecule has 2 aromatic heterocycles. The number of aromatic nitrogens is 1. The summed E-state index contributed by atoms with van der Waals surface area (Å²) in [5, 5.41) is 1.34. The van der Waals surface area contributed by atoms with Crippen molar-refractivity contribution in [2.24, 2.45) is 17.8 Å². The summed E-state index contributed by atoms with van der Waals surface area (Å²) < 4.78 is 21.4. The van der Waals surface area contributed by atoms with E-state index in [0.29, 0.717) is 16.6 Å². The summed E-state index contributed by atoms with van der Waals surface area (Å²) in [4.78, 5) is 4.68. The minimum absolute atomic E-state index is 0.260. The Morgan fingerprint density at radius 1 is 0.857 bits per heavy atom. The van der Waals surface area contributed by atoms with Crippen molar-refractivity contribution >= 4 is 21.9 Å². The van der Waals surface area contributed by atoms with Crippen LogP contribution in [0.5, 0.6) is 0 Å². The Labute approximate surface area is 204 Å². The SMILES string of the molecule is Fc1ccc(-c2cc(CC3CC4CCC3CC4)ccn2)c2oc3cc(-c4ccccc4)ccc3c12. The van der Waals surface area contributed by atoms with Gasteiger partial charge in [0.05, 0.1) is 11.1 Å². The van der Waals surface area contributed by atoms with Crippen LogP contribution in [0.15, 0.2) is 83.4 Å². The van der Waals surface area contributed by atoms with Crippen LogP contribution in [0.1, 0.15) is 37.7 Å². The molecular formula is C32H28FNO. The minimum Gasteiger partial charge on any atom is -0.455 e. The third-order valence-corrected chi connectivity index (χ3v) is 8.47. The van der Waals surface area contributed by atoms with Crippen molar-refractivity contribution in [2.45, 2.75) is 38.5 Å². The predicted octanol–water partition coefficient (Wildman–Crippen LogP) is 8.82. The topological polar surface area (TPSA) is 26.0 Å². The maximum atomic E-state index is 15.1. The fourth-order valence-electron chi connectivity index (χ4n) is 6.67. The van der Waals surface area contributed by atoms with E-state index in [-0.39, 0.29) is 5.82 Å². The van der Waals surface area contributed by atoms with Gasteiger partial charge in [-0.25, -0.2) is 4.39 Å². The van der Waals surface area contributed by atoms with E-state index >= 15 is 4.39 Å². The Bertz CT molecular complexity index is 1530. The number of furan rings is 1. The van der Waals surface area contributed by atoms with Crippen molar-refractivity contribution in [3.05, 3.63) is 90.4 Å². The molecule has 1 unspecified atom stereocenters. The number of hydrogen-bond acceptors (Lipinski definition) is 2.